The summed E-state index contributed by atoms with van der Waals surface area (Å²) in [6, 6.07) is 4.91. The summed E-state index contributed by atoms with van der Waals surface area (Å²) in [6.07, 6.45) is 6.22. The number of hydrogen-bond acceptors (Lipinski definition) is 3. The summed E-state index contributed by atoms with van der Waals surface area (Å²) >= 11 is 11.8. The molecule has 0 atom stereocenters. The van der Waals surface area contributed by atoms with Crippen LogP contribution in [0.5, 0.6) is 0 Å². The number of nitrogens with one attached hydrogen (secondary N) is 2. The van der Waals surface area contributed by atoms with Gasteiger partial charge in [-0.2, -0.15) is 0 Å². The molecule has 0 bridgehead atoms. The number of hydrogen-bond donors (Lipinski definition) is 2. The third-order valence-corrected chi connectivity index (χ3v) is 5.08. The molecule has 1 fully saturated rings. The van der Waals surface area contributed by atoms with Gasteiger partial charge >= 0.3 is 0 Å². The van der Waals surface area contributed by atoms with Crippen molar-refractivity contribution in [1.82, 2.24) is 10.2 Å². The van der Waals surface area contributed by atoms with Crippen LogP contribution in [0, 0.1) is 5.92 Å². The molecule has 0 aliphatic heterocycles. The molecule has 1 saturated carbocycles. The normalized spacial score (nSPS) is 15.2. The van der Waals surface area contributed by atoms with Crippen LogP contribution in [0.1, 0.15) is 32.1 Å². The molecule has 5 nitrogen and oxygen atoms in total. The zero-order valence-corrected chi connectivity index (χ0v) is 16.0. The van der Waals surface area contributed by atoms with Gasteiger partial charge in [0.05, 0.1) is 23.1 Å². The van der Waals surface area contributed by atoms with Gasteiger partial charge in [-0.25, -0.2) is 0 Å². The Kier molecular flexibility index (Phi) is 8.00. The first-order valence-electron chi connectivity index (χ1n) is 8.64. The van der Waals surface area contributed by atoms with Crippen molar-refractivity contribution >= 4 is 40.7 Å². The predicted octanol–water partition coefficient (Wildman–Crippen LogP) is 3.56. The number of nitrogens with zero attached hydrogens (tertiary/aromatic N) is 1. The molecule has 25 heavy (non-hydrogen) atoms. The van der Waals surface area contributed by atoms with E-state index in [4.69, 9.17) is 23.2 Å². The summed E-state index contributed by atoms with van der Waals surface area (Å²) in [7, 11) is 1.74. The van der Waals surface area contributed by atoms with Gasteiger partial charge in [0.25, 0.3) is 0 Å². The fraction of sp³-hybridized carbons (Fsp3) is 0.556. The van der Waals surface area contributed by atoms with Crippen LogP contribution in [0.3, 0.4) is 0 Å². The molecule has 1 aliphatic rings. The fourth-order valence-electron chi connectivity index (χ4n) is 3.03. The minimum Gasteiger partial charge on any atom is -0.355 e. The minimum absolute atomic E-state index is 0.0459. The summed E-state index contributed by atoms with van der Waals surface area (Å²) in [5.74, 6) is 0.345. The maximum Gasteiger partial charge on any atom is 0.238 e. The minimum atomic E-state index is -0.207. The number of rotatable bonds is 7. The van der Waals surface area contributed by atoms with E-state index in [2.05, 4.69) is 10.6 Å². The Morgan fingerprint density at radius 3 is 2.44 bits per heavy atom. The van der Waals surface area contributed by atoms with Gasteiger partial charge in [-0.1, -0.05) is 42.5 Å². The van der Waals surface area contributed by atoms with Crippen molar-refractivity contribution in [2.75, 3.05) is 32.0 Å². The summed E-state index contributed by atoms with van der Waals surface area (Å²) in [6.45, 7) is 1.06. The quantitative estimate of drug-likeness (QED) is 0.753. The lowest BCUT2D eigenvalue weighted by atomic mass is 9.89. The van der Waals surface area contributed by atoms with E-state index in [1.54, 1.807) is 30.1 Å². The second-order valence-corrected chi connectivity index (χ2v) is 7.47. The first-order chi connectivity index (χ1) is 11.9. The number of halogens is 2. The molecule has 2 N–H and O–H groups in total. The Labute approximate surface area is 159 Å². The van der Waals surface area contributed by atoms with Crippen LogP contribution in [0.4, 0.5) is 5.69 Å². The molecule has 0 heterocycles. The monoisotopic (exact) mass is 385 g/mol. The lowest BCUT2D eigenvalue weighted by Crippen LogP contribution is -2.40. The second-order valence-electron chi connectivity index (χ2n) is 6.66. The van der Waals surface area contributed by atoms with E-state index < -0.39 is 0 Å². The van der Waals surface area contributed by atoms with Crippen molar-refractivity contribution in [3.63, 3.8) is 0 Å². The van der Waals surface area contributed by atoms with Gasteiger partial charge in [0, 0.05) is 12.2 Å². The number of anilines is 1. The van der Waals surface area contributed by atoms with Crippen LogP contribution in [0.2, 0.25) is 10.0 Å². The van der Waals surface area contributed by atoms with Gasteiger partial charge in [-0.05, 0) is 44.0 Å². The highest BCUT2D eigenvalue weighted by atomic mass is 35.5. The topological polar surface area (TPSA) is 61.4 Å². The number of amides is 2. The van der Waals surface area contributed by atoms with E-state index >= 15 is 0 Å². The molecule has 0 radical (unpaired) electrons. The van der Waals surface area contributed by atoms with Gasteiger partial charge < -0.3 is 10.6 Å². The van der Waals surface area contributed by atoms with E-state index in [0.29, 0.717) is 21.7 Å². The largest absolute Gasteiger partial charge is 0.355 e. The maximum atomic E-state index is 12.0. The highest BCUT2D eigenvalue weighted by Gasteiger charge is 2.16. The molecule has 2 amide bonds. The average molecular weight is 386 g/mol. The van der Waals surface area contributed by atoms with Crippen LogP contribution >= 0.6 is 23.2 Å². The van der Waals surface area contributed by atoms with Crippen LogP contribution in [0.15, 0.2) is 18.2 Å². The number of carbonyl (C=O) groups excluding carboxylic acids is 2. The summed E-state index contributed by atoms with van der Waals surface area (Å²) < 4.78 is 0. The molecule has 1 aromatic carbocycles. The SMILES string of the molecule is CN(CC(=O)NCC1CCCCC1)CC(=O)Nc1ccc(Cl)c(Cl)c1. The molecule has 1 aromatic rings. The number of likely N-dealkylation sites (N-methyl/N-ethyl adjacent to an activating group) is 1. The first kappa shape index (κ1) is 20.0. The van der Waals surface area contributed by atoms with E-state index in [0.717, 1.165) is 6.54 Å². The molecular weight excluding hydrogens is 361 g/mol. The smallest absolute Gasteiger partial charge is 0.238 e. The lowest BCUT2D eigenvalue weighted by Gasteiger charge is -2.22. The van der Waals surface area contributed by atoms with Crippen LogP contribution in [-0.4, -0.2) is 43.4 Å². The third kappa shape index (κ3) is 7.22. The highest BCUT2D eigenvalue weighted by molar-refractivity contribution is 6.42. The molecule has 0 aromatic heterocycles. The third-order valence-electron chi connectivity index (χ3n) is 4.34. The molecule has 2 rings (SSSR count). The van der Waals surface area contributed by atoms with E-state index in [1.807, 2.05) is 0 Å². The van der Waals surface area contributed by atoms with E-state index in [1.165, 1.54) is 32.1 Å². The molecule has 1 aliphatic carbocycles. The standard InChI is InChI=1S/C18H25Cl2N3O2/c1-23(11-17(24)21-10-13-5-3-2-4-6-13)12-18(25)22-14-7-8-15(19)16(20)9-14/h7-9,13H,2-6,10-12H2,1H3,(H,21,24)(H,22,25). The van der Waals surface area contributed by atoms with Gasteiger partial charge in [-0.3, -0.25) is 14.5 Å². The van der Waals surface area contributed by atoms with Gasteiger partial charge in [0.15, 0.2) is 0 Å². The Bertz CT molecular complexity index is 604. The fourth-order valence-corrected chi connectivity index (χ4v) is 3.32. The number of benzene rings is 1. The molecule has 7 heteroatoms. The predicted molar refractivity (Wildman–Crippen MR) is 102 cm³/mol. The van der Waals surface area contributed by atoms with Crippen molar-refractivity contribution in [2.24, 2.45) is 5.92 Å². The molecule has 0 saturated heterocycles. The Morgan fingerprint density at radius 1 is 1.08 bits per heavy atom. The lowest BCUT2D eigenvalue weighted by molar-refractivity contribution is -0.123. The van der Waals surface area contributed by atoms with Crippen LogP contribution < -0.4 is 10.6 Å². The summed E-state index contributed by atoms with van der Waals surface area (Å²) in [4.78, 5) is 25.7. The molecule has 0 spiro atoms. The van der Waals surface area contributed by atoms with Crippen LogP contribution in [-0.2, 0) is 9.59 Å². The maximum absolute atomic E-state index is 12.0. The average Bonchev–Trinajstić information content (AvgIpc) is 2.57. The van der Waals surface area contributed by atoms with Crippen molar-refractivity contribution in [3.8, 4) is 0 Å². The molecule has 138 valence electrons. The Morgan fingerprint density at radius 2 is 1.76 bits per heavy atom. The first-order valence-corrected chi connectivity index (χ1v) is 9.40. The number of carbonyl (C=O) groups is 2. The zero-order valence-electron chi connectivity index (χ0n) is 14.5. The highest BCUT2D eigenvalue weighted by Crippen LogP contribution is 2.25. The van der Waals surface area contributed by atoms with Gasteiger partial charge in [0.2, 0.25) is 11.8 Å². The van der Waals surface area contributed by atoms with E-state index in [-0.39, 0.29) is 24.9 Å². The Hall–Kier alpha value is -1.30. The Balaban J connectivity index is 1.69. The van der Waals surface area contributed by atoms with Gasteiger partial charge in [0.1, 0.15) is 0 Å². The van der Waals surface area contributed by atoms with Gasteiger partial charge in [-0.15, -0.1) is 0 Å². The van der Waals surface area contributed by atoms with Crippen molar-refractivity contribution in [1.29, 1.82) is 0 Å². The van der Waals surface area contributed by atoms with Crippen LogP contribution in [0.25, 0.3) is 0 Å². The van der Waals surface area contributed by atoms with Crippen molar-refractivity contribution in [2.45, 2.75) is 32.1 Å². The van der Waals surface area contributed by atoms with Crippen molar-refractivity contribution in [3.05, 3.63) is 28.2 Å². The summed E-state index contributed by atoms with van der Waals surface area (Å²) in [5.41, 5.74) is 0.578. The molecular formula is C18H25Cl2N3O2. The van der Waals surface area contributed by atoms with Crippen molar-refractivity contribution < 1.29 is 9.59 Å². The van der Waals surface area contributed by atoms with E-state index in [9.17, 15) is 9.59 Å². The second kappa shape index (κ2) is 10.00. The molecule has 0 unspecified atom stereocenters. The zero-order chi connectivity index (χ0) is 18.2. The summed E-state index contributed by atoms with van der Waals surface area (Å²) in [5, 5.41) is 6.54.